The number of hydrogen-bond donors (Lipinski definition) is 2. The minimum atomic E-state index is -4.10. The Kier molecular flexibility index (Phi) is 8.13. The second-order valence-corrected chi connectivity index (χ2v) is 10.6. The van der Waals surface area contributed by atoms with E-state index >= 15 is 0 Å². The molecule has 3 aromatic carbocycles. The first-order valence-corrected chi connectivity index (χ1v) is 13.3. The molecule has 0 unspecified atom stereocenters. The molecule has 4 aromatic rings. The Morgan fingerprint density at radius 3 is 2.47 bits per heavy atom. The Morgan fingerprint density at radius 1 is 1.05 bits per heavy atom. The van der Waals surface area contributed by atoms with E-state index in [0.717, 1.165) is 5.69 Å². The number of rotatable bonds is 9. The number of carbonyl (C=O) groups excluding carboxylic acids is 1. The summed E-state index contributed by atoms with van der Waals surface area (Å²) in [4.78, 5) is 18.9. The molecule has 38 heavy (non-hydrogen) atoms. The number of pyridine rings is 1. The van der Waals surface area contributed by atoms with E-state index in [2.05, 4.69) is 20.0 Å². The number of fused-ring (bicyclic) bond motifs is 1. The molecule has 0 aliphatic heterocycles. The van der Waals surface area contributed by atoms with Crippen LogP contribution in [0.3, 0.4) is 0 Å². The number of carbonyl (C=O) groups is 1. The second kappa shape index (κ2) is 11.5. The first-order valence-electron chi connectivity index (χ1n) is 11.5. The monoisotopic (exact) mass is 551 g/mol. The standard InChI is InChI=1S/C27H26ClN5O4S/c1-33(2)17-29-38(35,36)25-16-20(31-27(34)14-18-6-4-5-7-23(18)28)15-24-22(25)12-13-26(32-24)30-19-8-10-21(37-3)11-9-19/h4-13,15-17H,14H2,1-3H3,(H,30,32)(H,31,34). The molecule has 0 saturated heterocycles. The van der Waals surface area contributed by atoms with Crippen LogP contribution in [0, 0.1) is 0 Å². The molecule has 0 atom stereocenters. The summed E-state index contributed by atoms with van der Waals surface area (Å²) in [6.45, 7) is 0. The van der Waals surface area contributed by atoms with Crippen LogP contribution >= 0.6 is 11.6 Å². The largest absolute Gasteiger partial charge is 0.497 e. The number of benzene rings is 3. The number of hydrogen-bond acceptors (Lipinski definition) is 6. The Labute approximate surface area is 226 Å². The van der Waals surface area contributed by atoms with Gasteiger partial charge in [-0.15, -0.1) is 4.40 Å². The van der Waals surface area contributed by atoms with Crippen molar-refractivity contribution in [2.75, 3.05) is 31.8 Å². The third kappa shape index (κ3) is 6.58. The number of amides is 1. The van der Waals surface area contributed by atoms with Crippen LogP contribution in [-0.2, 0) is 21.2 Å². The minimum Gasteiger partial charge on any atom is -0.497 e. The summed E-state index contributed by atoms with van der Waals surface area (Å²) in [5, 5.41) is 6.80. The summed E-state index contributed by atoms with van der Waals surface area (Å²) < 4.78 is 35.3. The number of sulfonamides is 1. The number of aromatic nitrogens is 1. The van der Waals surface area contributed by atoms with Crippen LogP contribution in [0.2, 0.25) is 5.02 Å². The molecule has 11 heteroatoms. The van der Waals surface area contributed by atoms with Gasteiger partial charge in [-0.25, -0.2) is 4.98 Å². The summed E-state index contributed by atoms with van der Waals surface area (Å²) in [5.74, 6) is 0.847. The van der Waals surface area contributed by atoms with Crippen molar-refractivity contribution in [3.63, 3.8) is 0 Å². The minimum absolute atomic E-state index is 0.0189. The summed E-state index contributed by atoms with van der Waals surface area (Å²) in [6, 6.07) is 20.7. The van der Waals surface area contributed by atoms with Gasteiger partial charge in [0.25, 0.3) is 10.0 Å². The molecule has 9 nitrogen and oxygen atoms in total. The highest BCUT2D eigenvalue weighted by Crippen LogP contribution is 2.30. The zero-order chi connectivity index (χ0) is 27.3. The van der Waals surface area contributed by atoms with Crippen LogP contribution in [0.5, 0.6) is 5.75 Å². The van der Waals surface area contributed by atoms with Crippen molar-refractivity contribution in [1.29, 1.82) is 0 Å². The first-order chi connectivity index (χ1) is 18.1. The van der Waals surface area contributed by atoms with Crippen molar-refractivity contribution in [2.45, 2.75) is 11.3 Å². The molecule has 1 heterocycles. The molecule has 0 saturated carbocycles. The Bertz CT molecular complexity index is 1610. The SMILES string of the molecule is COc1ccc(Nc2ccc3c(S(=O)(=O)N=CN(C)C)cc(NC(=O)Cc4ccccc4Cl)cc3n2)cc1. The Hall–Kier alpha value is -4.15. The van der Waals surface area contributed by atoms with Crippen molar-refractivity contribution in [3.05, 3.63) is 83.4 Å². The van der Waals surface area contributed by atoms with Gasteiger partial charge in [-0.2, -0.15) is 8.42 Å². The van der Waals surface area contributed by atoms with Gasteiger partial charge in [-0.05, 0) is 60.2 Å². The van der Waals surface area contributed by atoms with Crippen LogP contribution in [0.4, 0.5) is 17.2 Å². The fourth-order valence-electron chi connectivity index (χ4n) is 3.61. The maximum Gasteiger partial charge on any atom is 0.284 e. The Morgan fingerprint density at radius 2 is 1.79 bits per heavy atom. The lowest BCUT2D eigenvalue weighted by Gasteiger charge is -2.13. The van der Waals surface area contributed by atoms with E-state index in [1.807, 2.05) is 24.3 Å². The molecule has 196 valence electrons. The predicted molar refractivity (Wildman–Crippen MR) is 151 cm³/mol. The van der Waals surface area contributed by atoms with Crippen molar-refractivity contribution in [2.24, 2.45) is 4.40 Å². The molecule has 1 amide bonds. The van der Waals surface area contributed by atoms with Gasteiger partial charge >= 0.3 is 0 Å². The molecular weight excluding hydrogens is 526 g/mol. The average molecular weight is 552 g/mol. The molecule has 0 fully saturated rings. The maximum atomic E-state index is 13.2. The van der Waals surface area contributed by atoms with Gasteiger partial charge in [0, 0.05) is 35.9 Å². The van der Waals surface area contributed by atoms with Gasteiger partial charge in [-0.3, -0.25) is 4.79 Å². The van der Waals surface area contributed by atoms with Crippen LogP contribution in [0.15, 0.2) is 82.1 Å². The Balaban J connectivity index is 1.72. The maximum absolute atomic E-state index is 13.2. The fourth-order valence-corrected chi connectivity index (χ4v) is 4.97. The molecule has 2 N–H and O–H groups in total. The number of halogens is 1. The highest BCUT2D eigenvalue weighted by Gasteiger charge is 2.20. The fraction of sp³-hybridized carbons (Fsp3) is 0.148. The summed E-state index contributed by atoms with van der Waals surface area (Å²) in [5.41, 5.74) is 2.05. The third-order valence-corrected chi connectivity index (χ3v) is 7.05. The lowest BCUT2D eigenvalue weighted by molar-refractivity contribution is -0.115. The highest BCUT2D eigenvalue weighted by atomic mass is 35.5. The van der Waals surface area contributed by atoms with E-state index in [0.29, 0.717) is 33.1 Å². The third-order valence-electron chi connectivity index (χ3n) is 5.42. The highest BCUT2D eigenvalue weighted by molar-refractivity contribution is 7.90. The summed E-state index contributed by atoms with van der Waals surface area (Å²) >= 11 is 6.19. The topological polar surface area (TPSA) is 113 Å². The van der Waals surface area contributed by atoms with Crippen LogP contribution in [0.1, 0.15) is 5.56 Å². The molecule has 1 aromatic heterocycles. The van der Waals surface area contributed by atoms with Gasteiger partial charge in [0.2, 0.25) is 5.91 Å². The summed E-state index contributed by atoms with van der Waals surface area (Å²) in [6.07, 6.45) is 1.22. The van der Waals surface area contributed by atoms with Gasteiger partial charge in [-0.1, -0.05) is 29.8 Å². The van der Waals surface area contributed by atoms with Crippen LogP contribution < -0.4 is 15.4 Å². The zero-order valence-corrected chi connectivity index (χ0v) is 22.5. The molecule has 0 aliphatic rings. The second-order valence-electron chi connectivity index (χ2n) is 8.57. The molecule has 4 rings (SSSR count). The molecule has 0 aliphatic carbocycles. The number of nitrogens with one attached hydrogen (secondary N) is 2. The van der Waals surface area contributed by atoms with E-state index in [9.17, 15) is 13.2 Å². The van der Waals surface area contributed by atoms with Crippen molar-refractivity contribution >= 4 is 62.0 Å². The van der Waals surface area contributed by atoms with E-state index in [1.54, 1.807) is 63.7 Å². The molecular formula is C27H26ClN5O4S. The van der Waals surface area contributed by atoms with Gasteiger partial charge in [0.1, 0.15) is 22.8 Å². The zero-order valence-electron chi connectivity index (χ0n) is 21.0. The number of anilines is 3. The van der Waals surface area contributed by atoms with E-state index in [4.69, 9.17) is 16.3 Å². The number of nitrogens with zero attached hydrogens (tertiary/aromatic N) is 3. The van der Waals surface area contributed by atoms with Crippen molar-refractivity contribution in [1.82, 2.24) is 9.88 Å². The quantitative estimate of drug-likeness (QED) is 0.220. The van der Waals surface area contributed by atoms with Crippen molar-refractivity contribution in [3.8, 4) is 5.75 Å². The van der Waals surface area contributed by atoms with Gasteiger partial charge in [0.15, 0.2) is 0 Å². The number of methoxy groups -OCH3 is 1. The average Bonchev–Trinajstić information content (AvgIpc) is 2.88. The lowest BCUT2D eigenvalue weighted by Crippen LogP contribution is -2.15. The lowest BCUT2D eigenvalue weighted by atomic mass is 10.1. The van der Waals surface area contributed by atoms with E-state index in [1.165, 1.54) is 17.3 Å². The van der Waals surface area contributed by atoms with Crippen LogP contribution in [-0.4, -0.2) is 51.8 Å². The smallest absolute Gasteiger partial charge is 0.284 e. The van der Waals surface area contributed by atoms with Crippen LogP contribution in [0.25, 0.3) is 10.9 Å². The molecule has 0 spiro atoms. The van der Waals surface area contributed by atoms with Gasteiger partial charge < -0.3 is 20.3 Å². The molecule has 0 bridgehead atoms. The van der Waals surface area contributed by atoms with Gasteiger partial charge in [0.05, 0.1) is 19.0 Å². The first kappa shape index (κ1) is 26.9. The van der Waals surface area contributed by atoms with E-state index in [-0.39, 0.29) is 22.9 Å². The molecule has 0 radical (unpaired) electrons. The van der Waals surface area contributed by atoms with E-state index < -0.39 is 10.0 Å². The number of ether oxygens (including phenoxy) is 1. The normalized spacial score (nSPS) is 11.5. The predicted octanol–water partition coefficient (Wildman–Crippen LogP) is 5.10. The van der Waals surface area contributed by atoms with Crippen molar-refractivity contribution < 1.29 is 17.9 Å². The summed E-state index contributed by atoms with van der Waals surface area (Å²) in [7, 11) is 0.821.